The number of esters is 1. The van der Waals surface area contributed by atoms with E-state index in [9.17, 15) is 9.59 Å². The Balaban J connectivity index is 1.46. The number of rotatable bonds is 5. The number of likely N-dealkylation sites (N-methyl/N-ethyl adjacent to an activating group) is 1. The predicted octanol–water partition coefficient (Wildman–Crippen LogP) is 1.76. The molecule has 0 atom stereocenters. The van der Waals surface area contributed by atoms with Gasteiger partial charge in [0, 0.05) is 25.0 Å². The molecular weight excluding hydrogens is 364 g/mol. The first kappa shape index (κ1) is 17.6. The molecule has 2 aromatic heterocycles. The zero-order valence-corrected chi connectivity index (χ0v) is 15.2. The van der Waals surface area contributed by atoms with Crippen LogP contribution in [0.4, 0.5) is 5.82 Å². The van der Waals surface area contributed by atoms with E-state index in [0.717, 1.165) is 6.42 Å². The summed E-state index contributed by atoms with van der Waals surface area (Å²) in [6.45, 7) is 0.955. The van der Waals surface area contributed by atoms with Gasteiger partial charge in [-0.3, -0.25) is 9.59 Å². The predicted molar refractivity (Wildman–Crippen MR) is 94.7 cm³/mol. The summed E-state index contributed by atoms with van der Waals surface area (Å²) in [5.74, 6) is -0.186. The van der Waals surface area contributed by atoms with Crippen LogP contribution in [0.1, 0.15) is 10.4 Å². The van der Waals surface area contributed by atoms with Gasteiger partial charge < -0.3 is 14.5 Å². The van der Waals surface area contributed by atoms with Crippen molar-refractivity contribution >= 4 is 40.6 Å². The van der Waals surface area contributed by atoms with Gasteiger partial charge in [-0.25, -0.2) is 0 Å². The molecular formula is C16H17ClN4O3S. The standard InChI is InChI=1S/C16H17ClN4O3S/c1-20(14-3-2-13(17)18-19-14)9-16(23)24-10-15(22)21-6-4-12-11(8-21)5-7-25-12/h2-3,5,7H,4,6,8-10H2,1H3. The van der Waals surface area contributed by atoms with Crippen LogP contribution < -0.4 is 4.90 Å². The molecule has 7 nitrogen and oxygen atoms in total. The molecule has 0 saturated heterocycles. The highest BCUT2D eigenvalue weighted by Gasteiger charge is 2.22. The van der Waals surface area contributed by atoms with Crippen molar-refractivity contribution in [1.29, 1.82) is 0 Å². The number of fused-ring (bicyclic) bond motifs is 1. The van der Waals surface area contributed by atoms with Gasteiger partial charge in [-0.15, -0.1) is 21.5 Å². The van der Waals surface area contributed by atoms with Gasteiger partial charge in [-0.1, -0.05) is 11.6 Å². The third kappa shape index (κ3) is 4.46. The zero-order chi connectivity index (χ0) is 17.8. The van der Waals surface area contributed by atoms with E-state index >= 15 is 0 Å². The van der Waals surface area contributed by atoms with E-state index in [4.69, 9.17) is 16.3 Å². The Hall–Kier alpha value is -2.19. The van der Waals surface area contributed by atoms with Gasteiger partial charge >= 0.3 is 5.97 Å². The van der Waals surface area contributed by atoms with Crippen molar-refractivity contribution in [3.05, 3.63) is 39.2 Å². The molecule has 1 amide bonds. The van der Waals surface area contributed by atoms with E-state index in [1.165, 1.54) is 10.4 Å². The Kier molecular flexibility index (Phi) is 5.50. The van der Waals surface area contributed by atoms with Crippen molar-refractivity contribution in [1.82, 2.24) is 15.1 Å². The second-order valence-electron chi connectivity index (χ2n) is 5.67. The highest BCUT2D eigenvalue weighted by atomic mass is 35.5. The minimum atomic E-state index is -0.499. The van der Waals surface area contributed by atoms with Crippen LogP contribution >= 0.6 is 22.9 Å². The lowest BCUT2D eigenvalue weighted by Gasteiger charge is -2.27. The Morgan fingerprint density at radius 2 is 2.20 bits per heavy atom. The topological polar surface area (TPSA) is 75.6 Å². The maximum absolute atomic E-state index is 12.2. The van der Waals surface area contributed by atoms with Gasteiger partial charge in [-0.05, 0) is 35.6 Å². The fraction of sp³-hybridized carbons (Fsp3) is 0.375. The Morgan fingerprint density at radius 3 is 2.96 bits per heavy atom. The molecule has 0 radical (unpaired) electrons. The number of aromatic nitrogens is 2. The summed E-state index contributed by atoms with van der Waals surface area (Å²) in [4.78, 5) is 28.8. The summed E-state index contributed by atoms with van der Waals surface area (Å²) in [6.07, 6.45) is 0.852. The monoisotopic (exact) mass is 380 g/mol. The van der Waals surface area contributed by atoms with E-state index in [0.29, 0.717) is 18.9 Å². The lowest BCUT2D eigenvalue weighted by atomic mass is 10.1. The summed E-state index contributed by atoms with van der Waals surface area (Å²) < 4.78 is 5.10. The first-order valence-corrected chi connectivity index (χ1v) is 8.97. The maximum atomic E-state index is 12.2. The number of carbonyl (C=O) groups excluding carboxylic acids is 2. The lowest BCUT2D eigenvalue weighted by Crippen LogP contribution is -2.39. The molecule has 0 bridgehead atoms. The largest absolute Gasteiger partial charge is 0.454 e. The minimum absolute atomic E-state index is 0.0295. The molecule has 0 spiro atoms. The number of anilines is 1. The Morgan fingerprint density at radius 1 is 1.36 bits per heavy atom. The average molecular weight is 381 g/mol. The highest BCUT2D eigenvalue weighted by molar-refractivity contribution is 7.10. The van der Waals surface area contributed by atoms with E-state index in [1.807, 2.05) is 11.4 Å². The van der Waals surface area contributed by atoms with Crippen LogP contribution in [0.25, 0.3) is 0 Å². The lowest BCUT2D eigenvalue weighted by molar-refractivity contribution is -0.151. The first-order chi connectivity index (χ1) is 12.0. The van der Waals surface area contributed by atoms with Crippen molar-refractivity contribution in [3.63, 3.8) is 0 Å². The number of halogens is 1. The Labute approximate surface area is 154 Å². The highest BCUT2D eigenvalue weighted by Crippen LogP contribution is 2.23. The van der Waals surface area contributed by atoms with Crippen LogP contribution in [-0.2, 0) is 27.3 Å². The number of hydrogen-bond donors (Lipinski definition) is 0. The minimum Gasteiger partial charge on any atom is -0.454 e. The molecule has 3 heterocycles. The molecule has 9 heteroatoms. The molecule has 2 aromatic rings. The van der Waals surface area contributed by atoms with Crippen molar-refractivity contribution in [2.75, 3.05) is 31.6 Å². The molecule has 0 unspecified atom stereocenters. The van der Waals surface area contributed by atoms with Crippen LogP contribution in [0.2, 0.25) is 5.15 Å². The van der Waals surface area contributed by atoms with Gasteiger partial charge in [0.1, 0.15) is 6.54 Å². The quantitative estimate of drug-likeness (QED) is 0.736. The number of amides is 1. The number of carbonyl (C=O) groups is 2. The van der Waals surface area contributed by atoms with Crippen LogP contribution in [0.5, 0.6) is 0 Å². The fourth-order valence-electron chi connectivity index (χ4n) is 2.53. The molecule has 1 aliphatic heterocycles. The van der Waals surface area contributed by atoms with Crippen molar-refractivity contribution in [3.8, 4) is 0 Å². The smallest absolute Gasteiger partial charge is 0.326 e. The summed E-state index contributed by atoms with van der Waals surface area (Å²) in [7, 11) is 1.68. The van der Waals surface area contributed by atoms with Crippen molar-refractivity contribution in [2.24, 2.45) is 0 Å². The number of ether oxygens (including phenoxy) is 1. The second kappa shape index (κ2) is 7.79. The maximum Gasteiger partial charge on any atom is 0.326 e. The third-order valence-electron chi connectivity index (χ3n) is 3.89. The second-order valence-corrected chi connectivity index (χ2v) is 7.05. The molecule has 1 aliphatic rings. The molecule has 0 saturated carbocycles. The van der Waals surface area contributed by atoms with Gasteiger partial charge in [0.05, 0.1) is 0 Å². The van der Waals surface area contributed by atoms with Gasteiger partial charge in [0.25, 0.3) is 5.91 Å². The summed E-state index contributed by atoms with van der Waals surface area (Å²) in [6, 6.07) is 5.28. The first-order valence-electron chi connectivity index (χ1n) is 7.72. The molecule has 0 N–H and O–H groups in total. The van der Waals surface area contributed by atoms with Crippen LogP contribution in [0.15, 0.2) is 23.6 Å². The van der Waals surface area contributed by atoms with Gasteiger partial charge in [-0.2, -0.15) is 0 Å². The number of nitrogens with zero attached hydrogens (tertiary/aromatic N) is 4. The number of hydrogen-bond acceptors (Lipinski definition) is 7. The summed E-state index contributed by atoms with van der Waals surface area (Å²) in [5, 5.41) is 9.91. The Bertz CT molecular complexity index is 765. The van der Waals surface area contributed by atoms with Crippen LogP contribution in [0, 0.1) is 0 Å². The van der Waals surface area contributed by atoms with Crippen LogP contribution in [0.3, 0.4) is 0 Å². The molecule has 3 rings (SSSR count). The molecule has 0 fully saturated rings. The van der Waals surface area contributed by atoms with Gasteiger partial charge in [0.2, 0.25) is 0 Å². The average Bonchev–Trinajstić information content (AvgIpc) is 3.07. The molecule has 0 aliphatic carbocycles. The SMILES string of the molecule is CN(CC(=O)OCC(=O)N1CCc2sccc2C1)c1ccc(Cl)nn1. The summed E-state index contributed by atoms with van der Waals surface area (Å²) >= 11 is 7.39. The normalized spacial score (nSPS) is 13.3. The number of thiophene rings is 1. The molecule has 0 aromatic carbocycles. The zero-order valence-electron chi connectivity index (χ0n) is 13.6. The fourth-order valence-corrected chi connectivity index (χ4v) is 3.52. The molecule has 25 heavy (non-hydrogen) atoms. The van der Waals surface area contributed by atoms with E-state index < -0.39 is 5.97 Å². The molecule has 132 valence electrons. The van der Waals surface area contributed by atoms with E-state index in [-0.39, 0.29) is 24.2 Å². The van der Waals surface area contributed by atoms with Crippen molar-refractivity contribution in [2.45, 2.75) is 13.0 Å². The third-order valence-corrected chi connectivity index (χ3v) is 5.12. The van der Waals surface area contributed by atoms with E-state index in [1.54, 1.807) is 40.3 Å². The summed E-state index contributed by atoms with van der Waals surface area (Å²) in [5.41, 5.74) is 1.18. The van der Waals surface area contributed by atoms with Gasteiger partial charge in [0.15, 0.2) is 17.6 Å². The van der Waals surface area contributed by atoms with E-state index in [2.05, 4.69) is 10.2 Å². The van der Waals surface area contributed by atoms with Crippen LogP contribution in [-0.4, -0.2) is 53.7 Å². The van der Waals surface area contributed by atoms with Crippen molar-refractivity contribution < 1.29 is 14.3 Å².